The number of thioether (sulfide) groups is 1. The number of ether oxygens (including phenoxy) is 1. The summed E-state index contributed by atoms with van der Waals surface area (Å²) in [5, 5.41) is 10.6. The van der Waals surface area contributed by atoms with Gasteiger partial charge in [0.2, 0.25) is 0 Å². The van der Waals surface area contributed by atoms with Gasteiger partial charge in [0, 0.05) is 25.5 Å². The van der Waals surface area contributed by atoms with Gasteiger partial charge in [-0.05, 0) is 44.7 Å². The average molecular weight is 329 g/mol. The maximum atomic E-state index is 9.51. The zero-order valence-corrected chi connectivity index (χ0v) is 14.4. The van der Waals surface area contributed by atoms with Gasteiger partial charge < -0.3 is 9.30 Å². The first kappa shape index (κ1) is 16.4. The lowest BCUT2D eigenvalue weighted by atomic mass is 9.78. The Morgan fingerprint density at radius 1 is 1.35 bits per heavy atom. The first-order valence-corrected chi connectivity index (χ1v) is 9.34. The van der Waals surface area contributed by atoms with Crippen molar-refractivity contribution in [2.75, 3.05) is 19.0 Å². The molecular weight excluding hydrogens is 306 g/mol. The fourth-order valence-corrected chi connectivity index (χ4v) is 4.24. The molecule has 3 rings (SSSR count). The second-order valence-electron chi connectivity index (χ2n) is 6.08. The lowest BCUT2D eigenvalue weighted by Crippen LogP contribution is -2.28. The summed E-state index contributed by atoms with van der Waals surface area (Å²) in [5.41, 5.74) is 2.11. The van der Waals surface area contributed by atoms with Crippen LogP contribution in [-0.4, -0.2) is 28.5 Å². The van der Waals surface area contributed by atoms with E-state index in [-0.39, 0.29) is 5.41 Å². The van der Waals surface area contributed by atoms with E-state index in [2.05, 4.69) is 35.8 Å². The number of imidazole rings is 1. The second-order valence-corrected chi connectivity index (χ2v) is 7.15. The van der Waals surface area contributed by atoms with Crippen LogP contribution in [0.4, 0.5) is 0 Å². The van der Waals surface area contributed by atoms with E-state index in [1.807, 2.05) is 6.07 Å². The molecule has 1 fully saturated rings. The van der Waals surface area contributed by atoms with E-state index in [1.54, 1.807) is 11.8 Å². The van der Waals surface area contributed by atoms with E-state index >= 15 is 0 Å². The summed E-state index contributed by atoms with van der Waals surface area (Å²) in [4.78, 5) is 4.75. The summed E-state index contributed by atoms with van der Waals surface area (Å²) in [6.07, 6.45) is 3.76. The number of hydrogen-bond donors (Lipinski definition) is 0. The van der Waals surface area contributed by atoms with Crippen LogP contribution in [0.15, 0.2) is 29.4 Å². The van der Waals surface area contributed by atoms with Crippen LogP contribution in [0.25, 0.3) is 11.0 Å². The zero-order chi connectivity index (χ0) is 16.1. The van der Waals surface area contributed by atoms with Crippen molar-refractivity contribution in [2.45, 2.75) is 44.3 Å². The van der Waals surface area contributed by atoms with Gasteiger partial charge in [0.15, 0.2) is 5.16 Å². The summed E-state index contributed by atoms with van der Waals surface area (Å²) < 4.78 is 7.67. The number of nitriles is 1. The molecule has 1 aromatic carbocycles. The van der Waals surface area contributed by atoms with Crippen molar-refractivity contribution in [3.63, 3.8) is 0 Å². The maximum absolute atomic E-state index is 9.51. The Hall–Kier alpha value is -1.51. The molecule has 1 aliphatic heterocycles. The molecule has 1 aromatic heterocycles. The van der Waals surface area contributed by atoms with E-state index in [0.29, 0.717) is 0 Å². The lowest BCUT2D eigenvalue weighted by Gasteiger charge is -2.30. The van der Waals surface area contributed by atoms with Crippen LogP contribution >= 0.6 is 11.8 Å². The van der Waals surface area contributed by atoms with Gasteiger partial charge in [0.25, 0.3) is 0 Å². The molecular formula is C18H23N3OS. The molecule has 23 heavy (non-hydrogen) atoms. The minimum absolute atomic E-state index is 0.163. The van der Waals surface area contributed by atoms with Crippen molar-refractivity contribution in [1.82, 2.24) is 9.55 Å². The van der Waals surface area contributed by atoms with Crippen molar-refractivity contribution in [3.8, 4) is 6.07 Å². The Morgan fingerprint density at radius 3 is 2.87 bits per heavy atom. The minimum atomic E-state index is -0.163. The molecule has 0 saturated carbocycles. The molecule has 2 aromatic rings. The standard InChI is InChI=1S/C18H23N3OS/c1-2-21-16-7-4-3-6-15(16)20-17(21)23-13-5-8-18(14-19)9-11-22-12-10-18/h3-4,6-7H,2,5,8-13H2,1H3. The number of rotatable bonds is 6. The summed E-state index contributed by atoms with van der Waals surface area (Å²) in [6.45, 7) is 4.55. The number of hydrogen-bond acceptors (Lipinski definition) is 4. The number of nitrogens with zero attached hydrogens (tertiary/aromatic N) is 3. The average Bonchev–Trinajstić information content (AvgIpc) is 2.97. The number of aromatic nitrogens is 2. The van der Waals surface area contributed by atoms with Gasteiger partial charge in [-0.15, -0.1) is 0 Å². The SMILES string of the molecule is CCn1c(SCCCC2(C#N)CCOCC2)nc2ccccc21. The van der Waals surface area contributed by atoms with Gasteiger partial charge in [-0.3, -0.25) is 0 Å². The maximum Gasteiger partial charge on any atom is 0.169 e. The lowest BCUT2D eigenvalue weighted by molar-refractivity contribution is 0.0368. The number of para-hydroxylation sites is 2. The quantitative estimate of drug-likeness (QED) is 0.587. The molecule has 0 bridgehead atoms. The molecule has 0 radical (unpaired) electrons. The number of aryl methyl sites for hydroxylation is 1. The molecule has 0 aliphatic carbocycles. The van der Waals surface area contributed by atoms with Crippen LogP contribution in [-0.2, 0) is 11.3 Å². The third kappa shape index (κ3) is 3.54. The van der Waals surface area contributed by atoms with E-state index in [0.717, 1.165) is 61.9 Å². The zero-order valence-electron chi connectivity index (χ0n) is 13.6. The highest BCUT2D eigenvalue weighted by Gasteiger charge is 2.31. The molecule has 0 spiro atoms. The summed E-state index contributed by atoms with van der Waals surface area (Å²) in [7, 11) is 0. The first-order chi connectivity index (χ1) is 11.3. The third-order valence-corrected chi connectivity index (χ3v) is 5.72. The summed E-state index contributed by atoms with van der Waals surface area (Å²) in [6, 6.07) is 10.8. The first-order valence-electron chi connectivity index (χ1n) is 8.35. The van der Waals surface area contributed by atoms with Crippen LogP contribution in [0, 0.1) is 16.7 Å². The molecule has 0 N–H and O–H groups in total. The van der Waals surface area contributed by atoms with E-state index < -0.39 is 0 Å². The number of fused-ring (bicyclic) bond motifs is 1. The fourth-order valence-electron chi connectivity index (χ4n) is 3.22. The molecule has 122 valence electrons. The highest BCUT2D eigenvalue weighted by Crippen LogP contribution is 2.35. The Bertz CT molecular complexity index is 698. The molecule has 5 heteroatoms. The molecule has 0 amide bonds. The van der Waals surface area contributed by atoms with Crippen molar-refractivity contribution >= 4 is 22.8 Å². The molecule has 0 atom stereocenters. The predicted molar refractivity (Wildman–Crippen MR) is 93.5 cm³/mol. The van der Waals surface area contributed by atoms with E-state index in [4.69, 9.17) is 9.72 Å². The smallest absolute Gasteiger partial charge is 0.169 e. The molecule has 0 unspecified atom stereocenters. The summed E-state index contributed by atoms with van der Waals surface area (Å²) >= 11 is 1.81. The highest BCUT2D eigenvalue weighted by molar-refractivity contribution is 7.99. The van der Waals surface area contributed by atoms with Gasteiger partial charge >= 0.3 is 0 Å². The van der Waals surface area contributed by atoms with Gasteiger partial charge in [-0.25, -0.2) is 4.98 Å². The largest absolute Gasteiger partial charge is 0.381 e. The Morgan fingerprint density at radius 2 is 2.13 bits per heavy atom. The Kier molecular flexibility index (Phi) is 5.24. The van der Waals surface area contributed by atoms with Crippen LogP contribution < -0.4 is 0 Å². The van der Waals surface area contributed by atoms with Crippen molar-refractivity contribution in [1.29, 1.82) is 5.26 Å². The number of benzene rings is 1. The highest BCUT2D eigenvalue weighted by atomic mass is 32.2. The molecule has 1 aliphatic rings. The van der Waals surface area contributed by atoms with Crippen LogP contribution in [0.1, 0.15) is 32.6 Å². The van der Waals surface area contributed by atoms with Gasteiger partial charge in [-0.1, -0.05) is 23.9 Å². The molecule has 2 heterocycles. The Labute approximate surface area is 141 Å². The molecule has 4 nitrogen and oxygen atoms in total. The van der Waals surface area contributed by atoms with Gasteiger partial charge in [0.05, 0.1) is 22.5 Å². The minimum Gasteiger partial charge on any atom is -0.381 e. The van der Waals surface area contributed by atoms with Crippen molar-refractivity contribution in [3.05, 3.63) is 24.3 Å². The monoisotopic (exact) mass is 329 g/mol. The predicted octanol–water partition coefficient (Wildman–Crippen LogP) is 4.25. The normalized spacial score (nSPS) is 17.2. The van der Waals surface area contributed by atoms with Crippen LogP contribution in [0.5, 0.6) is 0 Å². The second kappa shape index (κ2) is 7.37. The van der Waals surface area contributed by atoms with Crippen LogP contribution in [0.3, 0.4) is 0 Å². The van der Waals surface area contributed by atoms with E-state index in [9.17, 15) is 5.26 Å². The van der Waals surface area contributed by atoms with Crippen molar-refractivity contribution in [2.24, 2.45) is 5.41 Å². The summed E-state index contributed by atoms with van der Waals surface area (Å²) in [5.74, 6) is 1.01. The molecule has 1 saturated heterocycles. The Balaban J connectivity index is 1.60. The van der Waals surface area contributed by atoms with Crippen LogP contribution in [0.2, 0.25) is 0 Å². The van der Waals surface area contributed by atoms with Gasteiger partial charge in [0.1, 0.15) is 0 Å². The fraction of sp³-hybridized carbons (Fsp3) is 0.556. The van der Waals surface area contributed by atoms with Gasteiger partial charge in [-0.2, -0.15) is 5.26 Å². The topological polar surface area (TPSA) is 50.8 Å². The van der Waals surface area contributed by atoms with E-state index in [1.165, 1.54) is 5.52 Å². The third-order valence-electron chi connectivity index (χ3n) is 4.65. The van der Waals surface area contributed by atoms with Crippen molar-refractivity contribution < 1.29 is 4.74 Å².